The number of benzene rings is 1. The van der Waals surface area contributed by atoms with Crippen molar-refractivity contribution in [3.8, 4) is 5.75 Å². The van der Waals surface area contributed by atoms with Crippen molar-refractivity contribution in [1.29, 1.82) is 0 Å². The first-order chi connectivity index (χ1) is 10.4. The lowest BCUT2D eigenvalue weighted by atomic mass is 9.84. The summed E-state index contributed by atoms with van der Waals surface area (Å²) >= 11 is 0. The van der Waals surface area contributed by atoms with Gasteiger partial charge in [-0.25, -0.2) is 0 Å². The zero-order valence-electron chi connectivity index (χ0n) is 13.8. The van der Waals surface area contributed by atoms with Crippen molar-refractivity contribution in [1.82, 2.24) is 0 Å². The first-order valence-electron chi connectivity index (χ1n) is 7.62. The van der Waals surface area contributed by atoms with E-state index in [4.69, 9.17) is 9.47 Å². The molecule has 1 N–H and O–H groups in total. The molecule has 1 fully saturated rings. The van der Waals surface area contributed by atoms with Gasteiger partial charge in [0.15, 0.2) is 5.78 Å². The molecule has 1 aliphatic rings. The van der Waals surface area contributed by atoms with Crippen molar-refractivity contribution in [3.05, 3.63) is 36.0 Å². The van der Waals surface area contributed by atoms with E-state index in [1.165, 1.54) is 0 Å². The summed E-state index contributed by atoms with van der Waals surface area (Å²) in [6, 6.07) is 7.62. The smallest absolute Gasteiger partial charge is 0.163 e. The molecule has 1 aromatic carbocycles. The number of anilines is 1. The third-order valence-electron chi connectivity index (χ3n) is 4.14. The molecule has 2 rings (SSSR count). The maximum absolute atomic E-state index is 12.5. The van der Waals surface area contributed by atoms with E-state index in [2.05, 4.69) is 19.2 Å². The molecule has 4 heteroatoms. The van der Waals surface area contributed by atoms with Crippen LogP contribution in [-0.2, 0) is 9.53 Å². The number of hydrogen-bond acceptors (Lipinski definition) is 4. The Hall–Kier alpha value is -1.81. The molecular weight excluding hydrogens is 278 g/mol. The quantitative estimate of drug-likeness (QED) is 0.679. The number of hydrogen-bond donors (Lipinski definition) is 1. The fraction of sp³-hybridized carbons (Fsp3) is 0.500. The Morgan fingerprint density at radius 1 is 1.32 bits per heavy atom. The number of rotatable bonds is 4. The fourth-order valence-corrected chi connectivity index (χ4v) is 2.77. The second-order valence-electron chi connectivity index (χ2n) is 6.50. The Labute approximate surface area is 132 Å². The van der Waals surface area contributed by atoms with Crippen LogP contribution in [-0.4, -0.2) is 26.1 Å². The average molecular weight is 303 g/mol. The molecule has 1 aromatic rings. The van der Waals surface area contributed by atoms with Crippen molar-refractivity contribution in [2.24, 2.45) is 5.41 Å². The molecule has 1 unspecified atom stereocenters. The van der Waals surface area contributed by atoms with Gasteiger partial charge in [0.25, 0.3) is 0 Å². The standard InChI is InChI=1S/C18H25NO3/c1-18(2)9-8-17(22-4)15(16(20)11-18)12-19-13-6-5-7-14(10-13)21-3/h5-7,10,12,17,19H,8-9,11H2,1-4H3/b15-12+. The van der Waals surface area contributed by atoms with E-state index in [0.29, 0.717) is 6.42 Å². The van der Waals surface area contributed by atoms with Crippen molar-refractivity contribution in [2.75, 3.05) is 19.5 Å². The summed E-state index contributed by atoms with van der Waals surface area (Å²) in [6.07, 6.45) is 4.03. The van der Waals surface area contributed by atoms with Gasteiger partial charge in [-0.05, 0) is 30.4 Å². The second-order valence-corrected chi connectivity index (χ2v) is 6.50. The first kappa shape index (κ1) is 16.6. The lowest BCUT2D eigenvalue weighted by Gasteiger charge is -2.20. The summed E-state index contributed by atoms with van der Waals surface area (Å²) in [5.74, 6) is 0.935. The normalized spacial score (nSPS) is 23.2. The Morgan fingerprint density at radius 2 is 2.09 bits per heavy atom. The Kier molecular flexibility index (Phi) is 5.24. The third kappa shape index (κ3) is 4.10. The number of carbonyl (C=O) groups is 1. The minimum absolute atomic E-state index is 0.0272. The van der Waals surface area contributed by atoms with E-state index >= 15 is 0 Å². The van der Waals surface area contributed by atoms with E-state index in [9.17, 15) is 4.79 Å². The molecule has 0 radical (unpaired) electrons. The molecule has 0 aromatic heterocycles. The van der Waals surface area contributed by atoms with Crippen LogP contribution in [0, 0.1) is 5.41 Å². The van der Waals surface area contributed by atoms with Gasteiger partial charge in [0.05, 0.1) is 13.2 Å². The highest BCUT2D eigenvalue weighted by Crippen LogP contribution is 2.35. The molecule has 0 heterocycles. The predicted molar refractivity (Wildman–Crippen MR) is 88.1 cm³/mol. The number of carbonyl (C=O) groups excluding carboxylic acids is 1. The Balaban J connectivity index is 2.20. The van der Waals surface area contributed by atoms with E-state index in [1.807, 2.05) is 24.3 Å². The van der Waals surface area contributed by atoms with E-state index < -0.39 is 0 Å². The largest absolute Gasteiger partial charge is 0.497 e. The molecule has 0 bridgehead atoms. The minimum atomic E-state index is -0.146. The topological polar surface area (TPSA) is 47.6 Å². The SMILES string of the molecule is COc1cccc(N/C=C2\C(=O)CC(C)(C)CCC2OC)c1. The van der Waals surface area contributed by atoms with Crippen LogP contribution in [0.15, 0.2) is 36.0 Å². The summed E-state index contributed by atoms with van der Waals surface area (Å²) in [7, 11) is 3.30. The van der Waals surface area contributed by atoms with Crippen LogP contribution < -0.4 is 10.1 Å². The number of nitrogens with one attached hydrogen (secondary N) is 1. The van der Waals surface area contributed by atoms with Crippen LogP contribution in [0.2, 0.25) is 0 Å². The van der Waals surface area contributed by atoms with E-state index in [1.54, 1.807) is 20.4 Å². The Bertz CT molecular complexity index is 563. The minimum Gasteiger partial charge on any atom is -0.497 e. The summed E-state index contributed by atoms with van der Waals surface area (Å²) < 4.78 is 10.7. The average Bonchev–Trinajstić information content (AvgIpc) is 2.60. The van der Waals surface area contributed by atoms with Crippen molar-refractivity contribution >= 4 is 11.5 Å². The highest BCUT2D eigenvalue weighted by Gasteiger charge is 2.32. The monoisotopic (exact) mass is 303 g/mol. The van der Waals surface area contributed by atoms with Gasteiger partial charge in [-0.3, -0.25) is 4.79 Å². The molecule has 0 aliphatic heterocycles. The molecule has 1 saturated carbocycles. The maximum atomic E-state index is 12.5. The van der Waals surface area contributed by atoms with Crippen LogP contribution >= 0.6 is 0 Å². The summed E-state index contributed by atoms with van der Waals surface area (Å²) in [5.41, 5.74) is 1.63. The predicted octanol–water partition coefficient (Wildman–Crippen LogP) is 3.79. The summed E-state index contributed by atoms with van der Waals surface area (Å²) in [6.45, 7) is 4.27. The number of ketones is 1. The number of Topliss-reactive ketones (excluding diaryl/α,β-unsaturated/α-hetero) is 1. The lowest BCUT2D eigenvalue weighted by Crippen LogP contribution is -2.19. The van der Waals surface area contributed by atoms with E-state index in [0.717, 1.165) is 29.9 Å². The molecule has 0 saturated heterocycles. The molecule has 120 valence electrons. The number of methoxy groups -OCH3 is 2. The van der Waals surface area contributed by atoms with Gasteiger partial charge in [-0.2, -0.15) is 0 Å². The van der Waals surface area contributed by atoms with Crippen molar-refractivity contribution in [3.63, 3.8) is 0 Å². The fourth-order valence-electron chi connectivity index (χ4n) is 2.77. The zero-order chi connectivity index (χ0) is 16.2. The van der Waals surface area contributed by atoms with Crippen LogP contribution in [0.4, 0.5) is 5.69 Å². The molecular formula is C18H25NO3. The van der Waals surface area contributed by atoms with Crippen LogP contribution in [0.25, 0.3) is 0 Å². The molecule has 0 spiro atoms. The van der Waals surface area contributed by atoms with Crippen LogP contribution in [0.1, 0.15) is 33.1 Å². The van der Waals surface area contributed by atoms with Crippen LogP contribution in [0.5, 0.6) is 5.75 Å². The van der Waals surface area contributed by atoms with Gasteiger partial charge >= 0.3 is 0 Å². The van der Waals surface area contributed by atoms with Crippen molar-refractivity contribution in [2.45, 2.75) is 39.2 Å². The highest BCUT2D eigenvalue weighted by molar-refractivity contribution is 5.97. The van der Waals surface area contributed by atoms with Gasteiger partial charge in [0.2, 0.25) is 0 Å². The molecule has 4 nitrogen and oxygen atoms in total. The van der Waals surface area contributed by atoms with Crippen LogP contribution in [0.3, 0.4) is 0 Å². The molecule has 0 amide bonds. The third-order valence-corrected chi connectivity index (χ3v) is 4.14. The zero-order valence-corrected chi connectivity index (χ0v) is 13.8. The first-order valence-corrected chi connectivity index (χ1v) is 7.62. The van der Waals surface area contributed by atoms with Gasteiger partial charge in [-0.1, -0.05) is 19.9 Å². The number of ether oxygens (including phenoxy) is 2. The lowest BCUT2D eigenvalue weighted by molar-refractivity contribution is -0.117. The van der Waals surface area contributed by atoms with Crippen molar-refractivity contribution < 1.29 is 14.3 Å². The van der Waals surface area contributed by atoms with Gasteiger partial charge < -0.3 is 14.8 Å². The maximum Gasteiger partial charge on any atom is 0.163 e. The van der Waals surface area contributed by atoms with Gasteiger partial charge in [-0.15, -0.1) is 0 Å². The van der Waals surface area contributed by atoms with Gasteiger partial charge in [0, 0.05) is 37.1 Å². The Morgan fingerprint density at radius 3 is 2.77 bits per heavy atom. The highest BCUT2D eigenvalue weighted by atomic mass is 16.5. The molecule has 22 heavy (non-hydrogen) atoms. The summed E-state index contributed by atoms with van der Waals surface area (Å²) in [5, 5.41) is 3.20. The van der Waals surface area contributed by atoms with E-state index in [-0.39, 0.29) is 17.3 Å². The molecule has 1 atom stereocenters. The summed E-state index contributed by atoms with van der Waals surface area (Å²) in [4.78, 5) is 12.5. The van der Waals surface area contributed by atoms with Gasteiger partial charge in [0.1, 0.15) is 5.75 Å². The molecule has 1 aliphatic carbocycles. The second kappa shape index (κ2) is 6.97.